The number of anilines is 1. The molecule has 0 aliphatic rings. The summed E-state index contributed by atoms with van der Waals surface area (Å²) in [6.45, 7) is 0.114. The first-order valence-corrected chi connectivity index (χ1v) is 5.89. The van der Waals surface area contributed by atoms with E-state index in [0.717, 1.165) is 4.90 Å². The van der Waals surface area contributed by atoms with Crippen LogP contribution in [0.1, 0.15) is 10.4 Å². The highest BCUT2D eigenvalue weighted by molar-refractivity contribution is 7.99. The summed E-state index contributed by atoms with van der Waals surface area (Å²) in [6.07, 6.45) is 0. The van der Waals surface area contributed by atoms with E-state index in [0.29, 0.717) is 17.0 Å². The fourth-order valence-corrected chi connectivity index (χ4v) is 1.93. The van der Waals surface area contributed by atoms with Crippen LogP contribution in [0.4, 0.5) is 5.69 Å². The van der Waals surface area contributed by atoms with Crippen molar-refractivity contribution in [3.05, 3.63) is 23.8 Å². The Bertz CT molecular complexity index is 380. The third-order valence-electron chi connectivity index (χ3n) is 2.01. The van der Waals surface area contributed by atoms with Gasteiger partial charge in [-0.25, -0.2) is 0 Å². The molecule has 3 N–H and O–H groups in total. The fraction of sp³-hybridized carbons (Fsp3) is 0.364. The molecule has 0 atom stereocenters. The molecule has 16 heavy (non-hydrogen) atoms. The molecule has 0 spiro atoms. The van der Waals surface area contributed by atoms with Gasteiger partial charge in [-0.3, -0.25) is 4.79 Å². The van der Waals surface area contributed by atoms with E-state index in [1.807, 2.05) is 6.07 Å². The normalized spacial score (nSPS) is 10.2. The van der Waals surface area contributed by atoms with E-state index < -0.39 is 0 Å². The third kappa shape index (κ3) is 3.15. The summed E-state index contributed by atoms with van der Waals surface area (Å²) in [4.78, 5) is 14.0. The Kier molecular flexibility index (Phi) is 4.64. The van der Waals surface area contributed by atoms with Crippen molar-refractivity contribution in [1.29, 1.82) is 0 Å². The second-order valence-corrected chi connectivity index (χ2v) is 4.66. The maximum Gasteiger partial charge on any atom is 0.253 e. The number of nitrogens with zero attached hydrogens (tertiary/aromatic N) is 1. The predicted molar refractivity (Wildman–Crippen MR) is 66.7 cm³/mol. The summed E-state index contributed by atoms with van der Waals surface area (Å²) in [5, 5.41) is 8.71. The average Bonchev–Trinajstić information content (AvgIpc) is 2.26. The van der Waals surface area contributed by atoms with E-state index in [-0.39, 0.29) is 12.5 Å². The average molecular weight is 240 g/mol. The van der Waals surface area contributed by atoms with Gasteiger partial charge in [0.1, 0.15) is 0 Å². The molecule has 0 aliphatic heterocycles. The zero-order chi connectivity index (χ0) is 12.1. The molecular formula is C11H16N2O2S. The van der Waals surface area contributed by atoms with Crippen LogP contribution in [0.5, 0.6) is 0 Å². The molecule has 0 saturated heterocycles. The smallest absolute Gasteiger partial charge is 0.253 e. The first-order chi connectivity index (χ1) is 7.56. The monoisotopic (exact) mass is 240 g/mol. The van der Waals surface area contributed by atoms with Crippen LogP contribution in [0.2, 0.25) is 0 Å². The molecule has 0 aliphatic carbocycles. The highest BCUT2D eigenvalue weighted by Crippen LogP contribution is 2.25. The summed E-state index contributed by atoms with van der Waals surface area (Å²) in [6, 6.07) is 5.23. The number of nitrogen functional groups attached to an aromatic ring is 1. The van der Waals surface area contributed by atoms with Gasteiger partial charge in [-0.15, -0.1) is 11.8 Å². The molecular weight excluding hydrogens is 224 g/mol. The van der Waals surface area contributed by atoms with Crippen LogP contribution in [0.15, 0.2) is 23.1 Å². The minimum atomic E-state index is -0.0644. The van der Waals surface area contributed by atoms with E-state index >= 15 is 0 Å². The minimum absolute atomic E-state index is 0.0644. The number of benzene rings is 1. The summed E-state index contributed by atoms with van der Waals surface area (Å²) in [5.41, 5.74) is 6.98. The molecule has 88 valence electrons. The molecule has 1 rings (SSSR count). The van der Waals surface area contributed by atoms with E-state index in [4.69, 9.17) is 10.8 Å². The maximum absolute atomic E-state index is 11.6. The van der Waals surface area contributed by atoms with Crippen molar-refractivity contribution in [2.45, 2.75) is 4.90 Å². The molecule has 1 aromatic carbocycles. The maximum atomic E-state index is 11.6. The Hall–Kier alpha value is -1.20. The Balaban J connectivity index is 2.86. The van der Waals surface area contributed by atoms with Crippen molar-refractivity contribution < 1.29 is 9.90 Å². The van der Waals surface area contributed by atoms with Crippen molar-refractivity contribution in [3.63, 3.8) is 0 Å². The molecule has 1 amide bonds. The van der Waals surface area contributed by atoms with Crippen molar-refractivity contribution in [2.24, 2.45) is 0 Å². The van der Waals surface area contributed by atoms with Crippen molar-refractivity contribution in [3.8, 4) is 0 Å². The molecule has 0 bridgehead atoms. The molecule has 0 radical (unpaired) electrons. The molecule has 1 aromatic rings. The van der Waals surface area contributed by atoms with Crippen LogP contribution < -0.4 is 5.73 Å². The third-order valence-corrected chi connectivity index (χ3v) is 3.08. The van der Waals surface area contributed by atoms with Crippen LogP contribution in [-0.4, -0.2) is 42.4 Å². The van der Waals surface area contributed by atoms with Crippen LogP contribution >= 0.6 is 11.8 Å². The van der Waals surface area contributed by atoms with Gasteiger partial charge in [-0.2, -0.15) is 0 Å². The Morgan fingerprint density at radius 1 is 1.50 bits per heavy atom. The molecule has 0 aromatic heterocycles. The lowest BCUT2D eigenvalue weighted by Crippen LogP contribution is -2.21. The van der Waals surface area contributed by atoms with Gasteiger partial charge in [0, 0.05) is 36.0 Å². The predicted octanol–water partition coefficient (Wildman–Crippen LogP) is 1.06. The number of aliphatic hydroxyl groups is 1. The van der Waals surface area contributed by atoms with Crippen LogP contribution in [-0.2, 0) is 0 Å². The first kappa shape index (κ1) is 12.9. The van der Waals surface area contributed by atoms with Crippen LogP contribution in [0, 0.1) is 0 Å². The first-order valence-electron chi connectivity index (χ1n) is 4.91. The van der Waals surface area contributed by atoms with E-state index in [1.165, 1.54) is 16.7 Å². The number of carbonyl (C=O) groups is 1. The number of thioether (sulfide) groups is 1. The topological polar surface area (TPSA) is 66.6 Å². The van der Waals surface area contributed by atoms with Gasteiger partial charge < -0.3 is 15.7 Å². The minimum Gasteiger partial charge on any atom is -0.398 e. The second kappa shape index (κ2) is 5.77. The zero-order valence-corrected chi connectivity index (χ0v) is 10.3. The molecule has 0 unspecified atom stereocenters. The van der Waals surface area contributed by atoms with Gasteiger partial charge in [0.25, 0.3) is 5.91 Å². The van der Waals surface area contributed by atoms with Crippen molar-refractivity contribution in [2.75, 3.05) is 32.2 Å². The fourth-order valence-electron chi connectivity index (χ4n) is 1.23. The number of amides is 1. The van der Waals surface area contributed by atoms with Crippen LogP contribution in [0.3, 0.4) is 0 Å². The highest BCUT2D eigenvalue weighted by Gasteiger charge is 2.09. The lowest BCUT2D eigenvalue weighted by molar-refractivity contribution is 0.0827. The van der Waals surface area contributed by atoms with Gasteiger partial charge in [-0.05, 0) is 18.2 Å². The Morgan fingerprint density at radius 3 is 2.69 bits per heavy atom. The Labute approximate surface area is 99.4 Å². The van der Waals surface area contributed by atoms with Gasteiger partial charge in [0.05, 0.1) is 6.61 Å². The summed E-state index contributed by atoms with van der Waals surface area (Å²) in [7, 11) is 3.40. The van der Waals surface area contributed by atoms with Gasteiger partial charge in [-0.1, -0.05) is 0 Å². The molecule has 0 fully saturated rings. The largest absolute Gasteiger partial charge is 0.398 e. The lowest BCUT2D eigenvalue weighted by atomic mass is 10.2. The van der Waals surface area contributed by atoms with Crippen molar-refractivity contribution >= 4 is 23.4 Å². The number of rotatable bonds is 4. The number of nitrogens with two attached hydrogens (primary N) is 1. The summed E-state index contributed by atoms with van der Waals surface area (Å²) < 4.78 is 0. The summed E-state index contributed by atoms with van der Waals surface area (Å²) in [5.74, 6) is 0.538. The van der Waals surface area contributed by atoms with E-state index in [1.54, 1.807) is 26.2 Å². The quantitative estimate of drug-likeness (QED) is 0.610. The molecule has 5 heteroatoms. The number of hydrogen-bond acceptors (Lipinski definition) is 4. The number of aliphatic hydroxyl groups excluding tert-OH is 1. The summed E-state index contributed by atoms with van der Waals surface area (Å²) >= 11 is 1.48. The SMILES string of the molecule is CN(C)C(=O)c1ccc(SCCO)c(N)c1. The van der Waals surface area contributed by atoms with Gasteiger partial charge >= 0.3 is 0 Å². The highest BCUT2D eigenvalue weighted by atomic mass is 32.2. The van der Waals surface area contributed by atoms with Gasteiger partial charge in [0.2, 0.25) is 0 Å². The van der Waals surface area contributed by atoms with Gasteiger partial charge in [0.15, 0.2) is 0 Å². The standard InChI is InChI=1S/C11H16N2O2S/c1-13(2)11(15)8-3-4-10(9(12)7-8)16-6-5-14/h3-4,7,14H,5-6,12H2,1-2H3. The number of hydrogen-bond donors (Lipinski definition) is 2. The number of carbonyl (C=O) groups excluding carboxylic acids is 1. The molecule has 0 heterocycles. The van der Waals surface area contributed by atoms with Crippen molar-refractivity contribution in [1.82, 2.24) is 4.90 Å². The zero-order valence-electron chi connectivity index (χ0n) is 9.43. The molecule has 0 saturated carbocycles. The molecule has 4 nitrogen and oxygen atoms in total. The Morgan fingerprint density at radius 2 is 2.19 bits per heavy atom. The van der Waals surface area contributed by atoms with Crippen LogP contribution in [0.25, 0.3) is 0 Å². The van der Waals surface area contributed by atoms with E-state index in [2.05, 4.69) is 0 Å². The second-order valence-electron chi connectivity index (χ2n) is 3.52. The lowest BCUT2D eigenvalue weighted by Gasteiger charge is -2.12. The van der Waals surface area contributed by atoms with E-state index in [9.17, 15) is 4.79 Å².